The van der Waals surface area contributed by atoms with Crippen LogP contribution in [-0.2, 0) is 11.3 Å². The average Bonchev–Trinajstić information content (AvgIpc) is 2.46. The molecular formula is C14H12N2O5. The van der Waals surface area contributed by atoms with E-state index >= 15 is 0 Å². The van der Waals surface area contributed by atoms with E-state index < -0.39 is 11.0 Å². The normalized spacial score (nSPS) is 9.90. The number of hydrogen-bond donors (Lipinski definition) is 2. The second-order valence-corrected chi connectivity index (χ2v) is 4.15. The predicted octanol–water partition coefficient (Wildman–Crippen LogP) is 3.05. The fraction of sp³-hybridized carbons (Fsp3) is 0.0714. The number of aromatic hydroxyl groups is 1. The van der Waals surface area contributed by atoms with Crippen molar-refractivity contribution in [1.82, 2.24) is 0 Å². The molecule has 0 saturated heterocycles. The highest BCUT2D eigenvalue weighted by Gasteiger charge is 2.17. The summed E-state index contributed by atoms with van der Waals surface area (Å²) in [5, 5.41) is 22.4. The zero-order valence-electron chi connectivity index (χ0n) is 10.9. The maximum absolute atomic E-state index is 11.6. The van der Waals surface area contributed by atoms with Crippen LogP contribution < -0.4 is 5.32 Å². The number of carbonyl (C=O) groups excluding carboxylic acids is 1. The van der Waals surface area contributed by atoms with Gasteiger partial charge in [-0.15, -0.1) is 0 Å². The van der Waals surface area contributed by atoms with Crippen LogP contribution in [0.15, 0.2) is 48.5 Å². The van der Waals surface area contributed by atoms with E-state index in [1.165, 1.54) is 6.07 Å². The molecule has 7 nitrogen and oxygen atoms in total. The Bertz CT molecular complexity index is 658. The number of nitrogens with zero attached hydrogens (tertiary/aromatic N) is 1. The van der Waals surface area contributed by atoms with Crippen molar-refractivity contribution >= 4 is 17.5 Å². The molecular weight excluding hydrogens is 276 g/mol. The fourth-order valence-corrected chi connectivity index (χ4v) is 1.65. The third kappa shape index (κ3) is 3.93. The molecule has 0 saturated carbocycles. The predicted molar refractivity (Wildman–Crippen MR) is 75.0 cm³/mol. The Morgan fingerprint density at radius 3 is 2.62 bits per heavy atom. The Kier molecular flexibility index (Phi) is 4.35. The minimum atomic E-state index is -0.840. The highest BCUT2D eigenvalue weighted by atomic mass is 16.6. The molecule has 0 aliphatic heterocycles. The Morgan fingerprint density at radius 1 is 1.24 bits per heavy atom. The van der Waals surface area contributed by atoms with Gasteiger partial charge in [-0.25, -0.2) is 4.79 Å². The largest absolute Gasteiger partial charge is 0.508 e. The van der Waals surface area contributed by atoms with Gasteiger partial charge in [-0.2, -0.15) is 0 Å². The number of hydrogen-bond acceptors (Lipinski definition) is 5. The van der Waals surface area contributed by atoms with Gasteiger partial charge in [0.1, 0.15) is 18.0 Å². The summed E-state index contributed by atoms with van der Waals surface area (Å²) in [6, 6.07) is 12.4. The van der Waals surface area contributed by atoms with E-state index in [4.69, 9.17) is 4.74 Å². The Hall–Kier alpha value is -3.09. The van der Waals surface area contributed by atoms with E-state index in [-0.39, 0.29) is 23.7 Å². The first-order valence-corrected chi connectivity index (χ1v) is 6.01. The van der Waals surface area contributed by atoms with Crippen molar-refractivity contribution < 1.29 is 19.6 Å². The molecule has 0 atom stereocenters. The van der Waals surface area contributed by atoms with E-state index in [0.717, 1.165) is 17.7 Å². The van der Waals surface area contributed by atoms with E-state index in [2.05, 4.69) is 5.32 Å². The van der Waals surface area contributed by atoms with Gasteiger partial charge in [0.05, 0.1) is 4.92 Å². The SMILES string of the molecule is O=C(Nc1cc(O)ccc1[N+](=O)[O-])OCc1ccccc1. The number of carbonyl (C=O) groups is 1. The Labute approximate surface area is 119 Å². The molecule has 2 rings (SSSR count). The molecule has 0 aliphatic rings. The van der Waals surface area contributed by atoms with Gasteiger partial charge in [0.2, 0.25) is 0 Å². The molecule has 0 bridgehead atoms. The molecule has 0 spiro atoms. The topological polar surface area (TPSA) is 102 Å². The minimum absolute atomic E-state index is 0.0410. The lowest BCUT2D eigenvalue weighted by molar-refractivity contribution is -0.383. The van der Waals surface area contributed by atoms with Crippen LogP contribution >= 0.6 is 0 Å². The molecule has 2 aromatic carbocycles. The van der Waals surface area contributed by atoms with Gasteiger partial charge in [0.15, 0.2) is 0 Å². The molecule has 2 aromatic rings. The molecule has 1 amide bonds. The minimum Gasteiger partial charge on any atom is -0.508 e. The smallest absolute Gasteiger partial charge is 0.412 e. The molecule has 0 heterocycles. The number of phenols is 1. The molecule has 2 N–H and O–H groups in total. The lowest BCUT2D eigenvalue weighted by atomic mass is 10.2. The highest BCUT2D eigenvalue weighted by Crippen LogP contribution is 2.28. The van der Waals surface area contributed by atoms with Crippen molar-refractivity contribution in [3.8, 4) is 5.75 Å². The Balaban J connectivity index is 2.02. The first-order chi connectivity index (χ1) is 10.1. The van der Waals surface area contributed by atoms with Gasteiger partial charge in [0, 0.05) is 12.1 Å². The summed E-state index contributed by atoms with van der Waals surface area (Å²) < 4.78 is 4.95. The van der Waals surface area contributed by atoms with Gasteiger partial charge >= 0.3 is 6.09 Å². The standard InChI is InChI=1S/C14H12N2O5/c17-11-6-7-13(16(19)20)12(8-11)15-14(18)21-9-10-4-2-1-3-5-10/h1-8,17H,9H2,(H,15,18). The zero-order chi connectivity index (χ0) is 15.2. The van der Waals surface area contributed by atoms with Crippen LogP contribution in [0.5, 0.6) is 5.75 Å². The zero-order valence-corrected chi connectivity index (χ0v) is 10.9. The van der Waals surface area contributed by atoms with Crippen molar-refractivity contribution in [3.63, 3.8) is 0 Å². The van der Waals surface area contributed by atoms with Crippen molar-refractivity contribution in [2.75, 3.05) is 5.32 Å². The second-order valence-electron chi connectivity index (χ2n) is 4.15. The van der Waals surface area contributed by atoms with Crippen LogP contribution in [0.2, 0.25) is 0 Å². The molecule has 7 heteroatoms. The van der Waals surface area contributed by atoms with Crippen LogP contribution in [0.25, 0.3) is 0 Å². The van der Waals surface area contributed by atoms with Gasteiger partial charge in [-0.05, 0) is 11.6 Å². The van der Waals surface area contributed by atoms with Crippen LogP contribution in [-0.4, -0.2) is 16.1 Å². The number of amides is 1. The number of nitro groups is 1. The van der Waals surface area contributed by atoms with E-state index in [1.807, 2.05) is 6.07 Å². The van der Waals surface area contributed by atoms with E-state index in [9.17, 15) is 20.0 Å². The van der Waals surface area contributed by atoms with E-state index in [0.29, 0.717) is 0 Å². The third-order valence-electron chi connectivity index (χ3n) is 2.63. The summed E-state index contributed by atoms with van der Waals surface area (Å²) in [5.74, 6) is -0.195. The molecule has 0 aromatic heterocycles. The highest BCUT2D eigenvalue weighted by molar-refractivity contribution is 5.88. The summed E-state index contributed by atoms with van der Waals surface area (Å²) in [5.41, 5.74) is 0.334. The van der Waals surface area contributed by atoms with Crippen LogP contribution in [0.1, 0.15) is 5.56 Å². The number of benzene rings is 2. The third-order valence-corrected chi connectivity index (χ3v) is 2.63. The summed E-state index contributed by atoms with van der Waals surface area (Å²) in [7, 11) is 0. The average molecular weight is 288 g/mol. The number of phenolic OH excluding ortho intramolecular Hbond substituents is 1. The van der Waals surface area contributed by atoms with Crippen molar-refractivity contribution in [3.05, 3.63) is 64.2 Å². The van der Waals surface area contributed by atoms with Gasteiger partial charge in [0.25, 0.3) is 5.69 Å². The molecule has 0 fully saturated rings. The summed E-state index contributed by atoms with van der Waals surface area (Å²) >= 11 is 0. The van der Waals surface area contributed by atoms with Crippen molar-refractivity contribution in [1.29, 1.82) is 0 Å². The number of ether oxygens (including phenoxy) is 1. The van der Waals surface area contributed by atoms with Crippen LogP contribution in [0.4, 0.5) is 16.2 Å². The first-order valence-electron chi connectivity index (χ1n) is 6.01. The maximum atomic E-state index is 11.6. The summed E-state index contributed by atoms with van der Waals surface area (Å²) in [4.78, 5) is 21.8. The lowest BCUT2D eigenvalue weighted by Gasteiger charge is -2.07. The second kappa shape index (κ2) is 6.38. The maximum Gasteiger partial charge on any atom is 0.412 e. The monoisotopic (exact) mass is 288 g/mol. The van der Waals surface area contributed by atoms with Gasteiger partial charge < -0.3 is 9.84 Å². The summed E-state index contributed by atoms with van der Waals surface area (Å²) in [6.45, 7) is 0.0410. The first kappa shape index (κ1) is 14.3. The quantitative estimate of drug-likeness (QED) is 0.665. The molecule has 108 valence electrons. The van der Waals surface area contributed by atoms with Gasteiger partial charge in [-0.3, -0.25) is 15.4 Å². The van der Waals surface area contributed by atoms with Crippen LogP contribution in [0.3, 0.4) is 0 Å². The molecule has 0 unspecified atom stereocenters. The fourth-order valence-electron chi connectivity index (χ4n) is 1.65. The van der Waals surface area contributed by atoms with E-state index in [1.54, 1.807) is 24.3 Å². The number of anilines is 1. The Morgan fingerprint density at radius 2 is 1.95 bits per heavy atom. The molecule has 0 aliphatic carbocycles. The van der Waals surface area contributed by atoms with Gasteiger partial charge in [-0.1, -0.05) is 30.3 Å². The van der Waals surface area contributed by atoms with Crippen molar-refractivity contribution in [2.45, 2.75) is 6.61 Å². The summed E-state index contributed by atoms with van der Waals surface area (Å²) in [6.07, 6.45) is -0.840. The van der Waals surface area contributed by atoms with Crippen molar-refractivity contribution in [2.24, 2.45) is 0 Å². The number of nitrogens with one attached hydrogen (secondary N) is 1. The molecule has 0 radical (unpaired) electrons. The lowest BCUT2D eigenvalue weighted by Crippen LogP contribution is -2.14. The number of rotatable bonds is 4. The molecule has 21 heavy (non-hydrogen) atoms. The number of nitro benzene ring substituents is 1. The van der Waals surface area contributed by atoms with Crippen LogP contribution in [0, 0.1) is 10.1 Å².